The number of nitro groups is 1. The van der Waals surface area contributed by atoms with Crippen LogP contribution in [0.3, 0.4) is 0 Å². The summed E-state index contributed by atoms with van der Waals surface area (Å²) in [6.07, 6.45) is 1.26. The highest BCUT2D eigenvalue weighted by molar-refractivity contribution is 9.10. The van der Waals surface area contributed by atoms with Crippen LogP contribution < -0.4 is 10.6 Å². The van der Waals surface area contributed by atoms with Crippen molar-refractivity contribution in [3.05, 3.63) is 74.0 Å². The van der Waals surface area contributed by atoms with E-state index in [9.17, 15) is 10.1 Å². The molecule has 0 amide bonds. The van der Waals surface area contributed by atoms with Crippen LogP contribution in [-0.2, 0) is 0 Å². The zero-order chi connectivity index (χ0) is 18.7. The van der Waals surface area contributed by atoms with Gasteiger partial charge in [0, 0.05) is 15.2 Å². The summed E-state index contributed by atoms with van der Waals surface area (Å²) in [5.41, 5.74) is 1.90. The van der Waals surface area contributed by atoms with Crippen LogP contribution >= 0.6 is 27.5 Å². The van der Waals surface area contributed by atoms with Gasteiger partial charge in [0.2, 0.25) is 11.6 Å². The number of aromatic nitrogens is 2. The molecule has 0 atom stereocenters. The minimum atomic E-state index is -0.526. The average molecular weight is 435 g/mol. The fraction of sp³-hybridized carbons (Fsp3) is 0.0588. The maximum atomic E-state index is 11.7. The van der Waals surface area contributed by atoms with Crippen molar-refractivity contribution < 1.29 is 4.92 Å². The number of hydrogen-bond acceptors (Lipinski definition) is 6. The summed E-state index contributed by atoms with van der Waals surface area (Å²) in [5.74, 6) is 0.156. The Hall–Kier alpha value is -2.71. The molecule has 0 saturated carbocycles. The number of aryl methyl sites for hydroxylation is 1. The quantitative estimate of drug-likeness (QED) is 0.401. The molecule has 0 fully saturated rings. The molecule has 26 heavy (non-hydrogen) atoms. The number of nitrogens with zero attached hydrogens (tertiary/aromatic N) is 3. The van der Waals surface area contributed by atoms with Crippen molar-refractivity contribution in [2.24, 2.45) is 0 Å². The highest BCUT2D eigenvalue weighted by Gasteiger charge is 2.24. The molecule has 0 radical (unpaired) electrons. The van der Waals surface area contributed by atoms with Gasteiger partial charge < -0.3 is 10.6 Å². The van der Waals surface area contributed by atoms with E-state index in [4.69, 9.17) is 11.6 Å². The SMILES string of the molecule is Cc1ccc(Cl)cc1Nc1ncnc(Nc2ccccc2Br)c1[N+](=O)[O-]. The zero-order valence-corrected chi connectivity index (χ0v) is 15.9. The molecule has 9 heteroatoms. The Kier molecular flexibility index (Phi) is 5.34. The second kappa shape index (κ2) is 7.67. The number of hydrogen-bond donors (Lipinski definition) is 2. The highest BCUT2D eigenvalue weighted by Crippen LogP contribution is 2.35. The van der Waals surface area contributed by atoms with Gasteiger partial charge in [0.15, 0.2) is 0 Å². The van der Waals surface area contributed by atoms with E-state index in [1.807, 2.05) is 31.2 Å². The molecular formula is C17H13BrClN5O2. The van der Waals surface area contributed by atoms with Crippen molar-refractivity contribution in [2.75, 3.05) is 10.6 Å². The first kappa shape index (κ1) is 18.1. The minimum absolute atomic E-state index is 0.0740. The first-order chi connectivity index (χ1) is 12.5. The molecule has 0 spiro atoms. The van der Waals surface area contributed by atoms with Gasteiger partial charge in [-0.05, 0) is 52.7 Å². The molecule has 0 unspecified atom stereocenters. The molecule has 0 aliphatic carbocycles. The van der Waals surface area contributed by atoms with Gasteiger partial charge in [0.25, 0.3) is 0 Å². The fourth-order valence-corrected chi connectivity index (χ4v) is 2.84. The summed E-state index contributed by atoms with van der Waals surface area (Å²) < 4.78 is 0.758. The fourth-order valence-electron chi connectivity index (χ4n) is 2.28. The Morgan fingerprint density at radius 3 is 2.38 bits per heavy atom. The summed E-state index contributed by atoms with van der Waals surface area (Å²) in [4.78, 5) is 19.2. The second-order valence-electron chi connectivity index (χ2n) is 5.37. The van der Waals surface area contributed by atoms with Gasteiger partial charge in [0.05, 0.1) is 10.6 Å². The molecule has 0 aliphatic heterocycles. The average Bonchev–Trinajstić information content (AvgIpc) is 2.60. The zero-order valence-electron chi connectivity index (χ0n) is 13.5. The molecule has 1 heterocycles. The van der Waals surface area contributed by atoms with E-state index < -0.39 is 4.92 Å². The summed E-state index contributed by atoms with van der Waals surface area (Å²) in [6.45, 7) is 1.87. The molecule has 0 saturated heterocycles. The standard InChI is InChI=1S/C17H13BrClN5O2/c1-10-6-7-11(19)8-14(10)23-17-15(24(25)26)16(20-9-21-17)22-13-5-3-2-4-12(13)18/h2-9H,1H3,(H2,20,21,22,23). The van der Waals surface area contributed by atoms with Gasteiger partial charge >= 0.3 is 5.69 Å². The normalized spacial score (nSPS) is 10.4. The van der Waals surface area contributed by atoms with Crippen LogP contribution in [0.15, 0.2) is 53.3 Å². The molecule has 3 rings (SSSR count). The first-order valence-corrected chi connectivity index (χ1v) is 8.67. The monoisotopic (exact) mass is 433 g/mol. The third kappa shape index (κ3) is 3.92. The molecular weight excluding hydrogens is 422 g/mol. The van der Waals surface area contributed by atoms with Crippen LogP contribution in [-0.4, -0.2) is 14.9 Å². The number of benzene rings is 2. The van der Waals surface area contributed by atoms with Crippen LogP contribution in [0.1, 0.15) is 5.56 Å². The van der Waals surface area contributed by atoms with Gasteiger partial charge in [-0.2, -0.15) is 0 Å². The summed E-state index contributed by atoms with van der Waals surface area (Å²) >= 11 is 9.42. The van der Waals surface area contributed by atoms with Crippen molar-refractivity contribution >= 4 is 56.2 Å². The van der Waals surface area contributed by atoms with E-state index in [-0.39, 0.29) is 17.3 Å². The predicted molar refractivity (Wildman–Crippen MR) is 106 cm³/mol. The molecule has 0 aliphatic rings. The molecule has 0 bridgehead atoms. The molecule has 1 aromatic heterocycles. The van der Waals surface area contributed by atoms with E-state index in [2.05, 4.69) is 36.5 Å². The molecule has 3 aromatic rings. The van der Waals surface area contributed by atoms with Gasteiger partial charge in [-0.3, -0.25) is 10.1 Å². The van der Waals surface area contributed by atoms with Crippen LogP contribution in [0, 0.1) is 17.0 Å². The Morgan fingerprint density at radius 2 is 1.73 bits per heavy atom. The first-order valence-electron chi connectivity index (χ1n) is 7.50. The van der Waals surface area contributed by atoms with E-state index in [1.54, 1.807) is 18.2 Å². The van der Waals surface area contributed by atoms with Crippen LogP contribution in [0.4, 0.5) is 28.7 Å². The third-order valence-corrected chi connectivity index (χ3v) is 4.51. The van der Waals surface area contributed by atoms with Crippen LogP contribution in [0.25, 0.3) is 0 Å². The van der Waals surface area contributed by atoms with E-state index >= 15 is 0 Å². The van der Waals surface area contributed by atoms with Crippen molar-refractivity contribution in [2.45, 2.75) is 6.92 Å². The Balaban J connectivity index is 2.03. The lowest BCUT2D eigenvalue weighted by Gasteiger charge is -2.12. The van der Waals surface area contributed by atoms with Crippen LogP contribution in [0.5, 0.6) is 0 Å². The van der Waals surface area contributed by atoms with Gasteiger partial charge in [-0.1, -0.05) is 29.8 Å². The maximum absolute atomic E-state index is 11.7. The van der Waals surface area contributed by atoms with Crippen LogP contribution in [0.2, 0.25) is 5.02 Å². The number of nitrogens with one attached hydrogen (secondary N) is 2. The van der Waals surface area contributed by atoms with Gasteiger partial charge in [-0.15, -0.1) is 0 Å². The Morgan fingerprint density at radius 1 is 1.08 bits per heavy atom. The number of rotatable bonds is 5. The smallest absolute Gasteiger partial charge is 0.334 e. The Bertz CT molecular complexity index is 983. The molecule has 132 valence electrons. The lowest BCUT2D eigenvalue weighted by atomic mass is 10.2. The predicted octanol–water partition coefficient (Wildman–Crippen LogP) is 5.60. The third-order valence-electron chi connectivity index (χ3n) is 3.58. The topological polar surface area (TPSA) is 93.0 Å². The molecule has 2 N–H and O–H groups in total. The number of anilines is 4. The Labute approximate surface area is 162 Å². The molecule has 2 aromatic carbocycles. The number of halogens is 2. The van der Waals surface area contributed by atoms with E-state index in [0.717, 1.165) is 10.0 Å². The van der Waals surface area contributed by atoms with Crippen molar-refractivity contribution in [1.82, 2.24) is 9.97 Å². The van der Waals surface area contributed by atoms with E-state index in [1.165, 1.54) is 6.33 Å². The van der Waals surface area contributed by atoms with Crippen molar-refractivity contribution in [3.63, 3.8) is 0 Å². The lowest BCUT2D eigenvalue weighted by molar-refractivity contribution is -0.383. The van der Waals surface area contributed by atoms with Gasteiger partial charge in [-0.25, -0.2) is 9.97 Å². The van der Waals surface area contributed by atoms with E-state index in [0.29, 0.717) is 16.4 Å². The summed E-state index contributed by atoms with van der Waals surface area (Å²) in [7, 11) is 0. The lowest BCUT2D eigenvalue weighted by Crippen LogP contribution is -2.06. The summed E-state index contributed by atoms with van der Waals surface area (Å²) in [5, 5.41) is 18.1. The maximum Gasteiger partial charge on any atom is 0.353 e. The largest absolute Gasteiger partial charge is 0.353 e. The van der Waals surface area contributed by atoms with Crippen molar-refractivity contribution in [1.29, 1.82) is 0 Å². The van der Waals surface area contributed by atoms with Gasteiger partial charge in [0.1, 0.15) is 6.33 Å². The summed E-state index contributed by atoms with van der Waals surface area (Å²) in [6, 6.07) is 12.5. The molecule has 7 nitrogen and oxygen atoms in total. The highest BCUT2D eigenvalue weighted by atomic mass is 79.9. The van der Waals surface area contributed by atoms with Crippen molar-refractivity contribution in [3.8, 4) is 0 Å². The second-order valence-corrected chi connectivity index (χ2v) is 6.66. The minimum Gasteiger partial charge on any atom is -0.334 e. The number of para-hydroxylation sites is 1.